The highest BCUT2D eigenvalue weighted by Gasteiger charge is 2.31. The number of aromatic nitrogens is 3. The summed E-state index contributed by atoms with van der Waals surface area (Å²) in [6.45, 7) is 1.92. The van der Waals surface area contributed by atoms with Crippen LogP contribution >= 0.6 is 27.3 Å². The molecule has 0 radical (unpaired) electrons. The van der Waals surface area contributed by atoms with Crippen molar-refractivity contribution in [2.45, 2.75) is 38.3 Å². The number of nitrogens with one attached hydrogen (secondary N) is 1. The number of alkyl halides is 3. The Kier molecular flexibility index (Phi) is 6.16. The number of hydrogen-bond acceptors (Lipinski definition) is 5. The summed E-state index contributed by atoms with van der Waals surface area (Å²) in [6, 6.07) is 12.1. The number of aryl methyl sites for hydroxylation is 2. The van der Waals surface area contributed by atoms with E-state index in [2.05, 4.69) is 49.4 Å². The van der Waals surface area contributed by atoms with Gasteiger partial charge in [0.2, 0.25) is 0 Å². The van der Waals surface area contributed by atoms with Gasteiger partial charge in [-0.2, -0.15) is 13.2 Å². The summed E-state index contributed by atoms with van der Waals surface area (Å²) in [6.07, 6.45) is 1.78. The molecule has 0 bridgehead atoms. The predicted octanol–water partition coefficient (Wildman–Crippen LogP) is 7.90. The zero-order chi connectivity index (χ0) is 23.9. The molecule has 4 nitrogen and oxygen atoms in total. The second-order valence-corrected chi connectivity index (χ2v) is 10.3. The van der Waals surface area contributed by atoms with Crippen LogP contribution in [0.4, 0.5) is 24.8 Å². The van der Waals surface area contributed by atoms with E-state index in [0.29, 0.717) is 5.82 Å². The zero-order valence-electron chi connectivity index (χ0n) is 18.2. The molecule has 174 valence electrons. The van der Waals surface area contributed by atoms with Crippen LogP contribution in [-0.4, -0.2) is 15.0 Å². The number of pyridine rings is 2. The summed E-state index contributed by atoms with van der Waals surface area (Å²) in [5, 5.41) is 3.96. The maximum Gasteiger partial charge on any atom is 0.416 e. The minimum atomic E-state index is -4.43. The van der Waals surface area contributed by atoms with Gasteiger partial charge in [0.15, 0.2) is 0 Å². The fraction of sp³-hybridized carbons (Fsp3) is 0.240. The van der Waals surface area contributed by atoms with E-state index < -0.39 is 11.7 Å². The van der Waals surface area contributed by atoms with Gasteiger partial charge in [-0.25, -0.2) is 15.0 Å². The van der Waals surface area contributed by atoms with Crippen molar-refractivity contribution in [3.05, 3.63) is 86.6 Å². The molecule has 0 aliphatic heterocycles. The van der Waals surface area contributed by atoms with E-state index in [-0.39, 0.29) is 11.7 Å². The van der Waals surface area contributed by atoms with Crippen LogP contribution in [0, 0.1) is 6.92 Å². The fourth-order valence-corrected chi connectivity index (χ4v) is 5.71. The van der Waals surface area contributed by atoms with E-state index in [1.54, 1.807) is 17.4 Å². The van der Waals surface area contributed by atoms with Crippen molar-refractivity contribution >= 4 is 38.9 Å². The highest BCUT2D eigenvalue weighted by atomic mass is 79.9. The Morgan fingerprint density at radius 2 is 1.91 bits per heavy atom. The number of nitrogens with zero attached hydrogens (tertiary/aromatic N) is 3. The van der Waals surface area contributed by atoms with Gasteiger partial charge in [-0.15, -0.1) is 11.3 Å². The highest BCUT2D eigenvalue weighted by molar-refractivity contribution is 9.10. The van der Waals surface area contributed by atoms with Crippen molar-refractivity contribution in [1.82, 2.24) is 15.0 Å². The molecule has 1 atom stereocenters. The van der Waals surface area contributed by atoms with Crippen molar-refractivity contribution in [2.24, 2.45) is 0 Å². The SMILES string of the molecule is Cc1cc(Nc2cc(C(F)(F)F)ccn2)nc(-c2cnc(C3CCCc4cc(Br)ccc43)s2)c1. The van der Waals surface area contributed by atoms with Gasteiger partial charge in [-0.3, -0.25) is 0 Å². The molecule has 3 heterocycles. The summed E-state index contributed by atoms with van der Waals surface area (Å²) in [4.78, 5) is 14.3. The highest BCUT2D eigenvalue weighted by Crippen LogP contribution is 2.41. The molecule has 0 fully saturated rings. The molecule has 1 N–H and O–H groups in total. The largest absolute Gasteiger partial charge is 0.416 e. The lowest BCUT2D eigenvalue weighted by Crippen LogP contribution is -2.10. The molecule has 3 aromatic heterocycles. The lowest BCUT2D eigenvalue weighted by atomic mass is 9.83. The lowest BCUT2D eigenvalue weighted by molar-refractivity contribution is -0.137. The second kappa shape index (κ2) is 9.11. The molecule has 1 aromatic carbocycles. The number of halogens is 4. The van der Waals surface area contributed by atoms with E-state index in [0.717, 1.165) is 63.2 Å². The molecule has 0 saturated heterocycles. The monoisotopic (exact) mass is 544 g/mol. The molecule has 0 amide bonds. The maximum atomic E-state index is 13.0. The van der Waals surface area contributed by atoms with Gasteiger partial charge in [-0.05, 0) is 79.3 Å². The lowest BCUT2D eigenvalue weighted by Gasteiger charge is -2.24. The van der Waals surface area contributed by atoms with Crippen molar-refractivity contribution in [3.63, 3.8) is 0 Å². The molecule has 1 aliphatic rings. The van der Waals surface area contributed by atoms with Gasteiger partial charge >= 0.3 is 6.18 Å². The molecular formula is C25H20BrF3N4S. The number of rotatable bonds is 4. The van der Waals surface area contributed by atoms with Crippen molar-refractivity contribution in [1.29, 1.82) is 0 Å². The van der Waals surface area contributed by atoms with Crippen molar-refractivity contribution in [2.75, 3.05) is 5.32 Å². The molecule has 9 heteroatoms. The summed E-state index contributed by atoms with van der Waals surface area (Å²) < 4.78 is 40.2. The van der Waals surface area contributed by atoms with Crippen molar-refractivity contribution < 1.29 is 13.2 Å². The second-order valence-electron chi connectivity index (χ2n) is 8.32. The molecule has 34 heavy (non-hydrogen) atoms. The fourth-order valence-electron chi connectivity index (χ4n) is 4.27. The van der Waals surface area contributed by atoms with Gasteiger partial charge in [0.25, 0.3) is 0 Å². The van der Waals surface area contributed by atoms with Crippen LogP contribution in [0.2, 0.25) is 0 Å². The minimum Gasteiger partial charge on any atom is -0.325 e. The molecule has 0 spiro atoms. The van der Waals surface area contributed by atoms with Crippen LogP contribution in [0.25, 0.3) is 10.6 Å². The Bertz CT molecular complexity index is 1350. The first-order valence-corrected chi connectivity index (χ1v) is 12.4. The average molecular weight is 545 g/mol. The Morgan fingerprint density at radius 1 is 1.06 bits per heavy atom. The molecule has 1 aliphatic carbocycles. The number of anilines is 2. The Balaban J connectivity index is 1.43. The topological polar surface area (TPSA) is 50.7 Å². The maximum absolute atomic E-state index is 13.0. The molecule has 0 saturated carbocycles. The molecule has 4 aromatic rings. The van der Waals surface area contributed by atoms with E-state index in [1.807, 2.05) is 19.2 Å². The summed E-state index contributed by atoms with van der Waals surface area (Å²) >= 11 is 5.18. The van der Waals surface area contributed by atoms with Crippen LogP contribution in [0.3, 0.4) is 0 Å². The van der Waals surface area contributed by atoms with Crippen molar-refractivity contribution in [3.8, 4) is 10.6 Å². The van der Waals surface area contributed by atoms with Crippen LogP contribution in [0.15, 0.2) is 59.3 Å². The first-order valence-electron chi connectivity index (χ1n) is 10.8. The van der Waals surface area contributed by atoms with Crippen LogP contribution in [-0.2, 0) is 12.6 Å². The molecule has 5 rings (SSSR count). The Labute approximate surface area is 207 Å². The third kappa shape index (κ3) is 4.86. The number of fused-ring (bicyclic) bond motifs is 1. The summed E-state index contributed by atoms with van der Waals surface area (Å²) in [5.41, 5.74) is 3.58. The number of thiazole rings is 1. The average Bonchev–Trinajstić information content (AvgIpc) is 3.28. The summed E-state index contributed by atoms with van der Waals surface area (Å²) in [7, 11) is 0. The Morgan fingerprint density at radius 3 is 2.74 bits per heavy atom. The number of hydrogen-bond donors (Lipinski definition) is 1. The van der Waals surface area contributed by atoms with Crippen LogP contribution in [0.1, 0.15) is 46.0 Å². The molecule has 1 unspecified atom stereocenters. The summed E-state index contributed by atoms with van der Waals surface area (Å²) in [5.74, 6) is 0.783. The van der Waals surface area contributed by atoms with Gasteiger partial charge < -0.3 is 5.32 Å². The van der Waals surface area contributed by atoms with Crippen LogP contribution < -0.4 is 5.32 Å². The molecular weight excluding hydrogens is 525 g/mol. The third-order valence-electron chi connectivity index (χ3n) is 5.81. The van der Waals surface area contributed by atoms with Gasteiger partial charge in [0.1, 0.15) is 16.6 Å². The van der Waals surface area contributed by atoms with Crippen LogP contribution in [0.5, 0.6) is 0 Å². The van der Waals surface area contributed by atoms with E-state index in [9.17, 15) is 13.2 Å². The first kappa shape index (κ1) is 23.0. The van der Waals surface area contributed by atoms with E-state index in [4.69, 9.17) is 4.98 Å². The standard InChI is InChI=1S/C25H20BrF3N4S/c1-14-9-20(32-23(10-14)33-22-12-16(7-8-30-22)25(27,28)29)21-13-31-24(34-21)19-4-2-3-15-11-17(26)5-6-18(15)19/h5-13,19H,2-4H2,1H3,(H,30,32,33). The normalized spacial score (nSPS) is 15.7. The first-order chi connectivity index (χ1) is 16.3. The minimum absolute atomic E-state index is 0.0915. The van der Waals surface area contributed by atoms with E-state index in [1.165, 1.54) is 11.1 Å². The van der Waals surface area contributed by atoms with Gasteiger partial charge in [0, 0.05) is 22.8 Å². The third-order valence-corrected chi connectivity index (χ3v) is 7.43. The smallest absolute Gasteiger partial charge is 0.325 e. The zero-order valence-corrected chi connectivity index (χ0v) is 20.6. The van der Waals surface area contributed by atoms with Gasteiger partial charge in [-0.1, -0.05) is 22.0 Å². The predicted molar refractivity (Wildman–Crippen MR) is 132 cm³/mol. The number of benzene rings is 1. The van der Waals surface area contributed by atoms with Gasteiger partial charge in [0.05, 0.1) is 16.1 Å². The quantitative estimate of drug-likeness (QED) is 0.283. The van der Waals surface area contributed by atoms with E-state index >= 15 is 0 Å². The Hall–Kier alpha value is -2.78.